The van der Waals surface area contributed by atoms with Gasteiger partial charge in [-0.05, 0) is 66.8 Å². The lowest BCUT2D eigenvalue weighted by Gasteiger charge is -2.10. The van der Waals surface area contributed by atoms with Crippen LogP contribution in [0, 0.1) is 9.52 Å². The van der Waals surface area contributed by atoms with Crippen molar-refractivity contribution >= 4 is 51.0 Å². The molecule has 1 aromatic carbocycles. The van der Waals surface area contributed by atoms with E-state index in [1.807, 2.05) is 23.6 Å². The molecule has 3 aromatic rings. The van der Waals surface area contributed by atoms with Crippen LogP contribution in [0.15, 0.2) is 36.5 Å². The van der Waals surface area contributed by atoms with Crippen molar-refractivity contribution in [3.8, 4) is 0 Å². The predicted octanol–water partition coefficient (Wildman–Crippen LogP) is 3.80. The third-order valence-corrected chi connectivity index (χ3v) is 4.99. The van der Waals surface area contributed by atoms with Gasteiger partial charge in [0.2, 0.25) is 0 Å². The fourth-order valence-corrected chi connectivity index (χ4v) is 3.80. The maximum Gasteiger partial charge on any atom is 0.276 e. The molecule has 2 N–H and O–H groups in total. The van der Waals surface area contributed by atoms with Crippen molar-refractivity contribution in [3.05, 3.63) is 57.3 Å². The van der Waals surface area contributed by atoms with Crippen LogP contribution in [-0.2, 0) is 6.54 Å². The summed E-state index contributed by atoms with van der Waals surface area (Å²) in [7, 11) is 0. The molecule has 0 atom stereocenters. The van der Waals surface area contributed by atoms with Gasteiger partial charge in [-0.15, -0.1) is 0 Å². The number of hydrogen-bond acceptors (Lipinski definition) is 3. The van der Waals surface area contributed by atoms with Gasteiger partial charge in [0.05, 0.1) is 14.8 Å². The number of amides is 2. The summed E-state index contributed by atoms with van der Waals surface area (Å²) in [5.74, 6) is -1.59. The van der Waals surface area contributed by atoms with Gasteiger partial charge in [-0.2, -0.15) is 0 Å². The van der Waals surface area contributed by atoms with Crippen LogP contribution in [0.1, 0.15) is 34.7 Å². The molecule has 6 nitrogen and oxygen atoms in total. The Hall–Kier alpha value is -2.49. The molecule has 0 radical (unpaired) electrons. The monoisotopic (exact) mass is 480 g/mol. The van der Waals surface area contributed by atoms with E-state index in [0.29, 0.717) is 18.8 Å². The van der Waals surface area contributed by atoms with E-state index in [2.05, 4.69) is 38.2 Å². The standard InChI is InChI=1S/C19H18FIN4O2/c1-3-22-18(26)13-10-12(5-6-14(13)20)24-19(27)16-17-11(7-8-23-16)9-15(21)25(17)4-2/h5-10H,3-4H2,1-2H3,(H,22,26)(H,24,27). The highest BCUT2D eigenvalue weighted by molar-refractivity contribution is 14.1. The minimum Gasteiger partial charge on any atom is -0.352 e. The second kappa shape index (κ2) is 8.03. The molecule has 0 aliphatic carbocycles. The summed E-state index contributed by atoms with van der Waals surface area (Å²) in [4.78, 5) is 29.0. The molecular formula is C19H18FIN4O2. The highest BCUT2D eigenvalue weighted by Gasteiger charge is 2.18. The summed E-state index contributed by atoms with van der Waals surface area (Å²) in [6.07, 6.45) is 1.58. The van der Waals surface area contributed by atoms with Gasteiger partial charge in [-0.25, -0.2) is 9.37 Å². The van der Waals surface area contributed by atoms with Gasteiger partial charge in [0.1, 0.15) is 5.82 Å². The van der Waals surface area contributed by atoms with Gasteiger partial charge in [-0.1, -0.05) is 0 Å². The molecule has 3 rings (SSSR count). The van der Waals surface area contributed by atoms with Crippen LogP contribution in [0.4, 0.5) is 10.1 Å². The van der Waals surface area contributed by atoms with E-state index in [4.69, 9.17) is 0 Å². The minimum atomic E-state index is -0.645. The van der Waals surface area contributed by atoms with Gasteiger partial charge in [0.25, 0.3) is 11.8 Å². The van der Waals surface area contributed by atoms with E-state index >= 15 is 0 Å². The Balaban J connectivity index is 1.96. The Morgan fingerprint density at radius 3 is 2.67 bits per heavy atom. The number of hydrogen-bond donors (Lipinski definition) is 2. The molecule has 140 valence electrons. The fraction of sp³-hybridized carbons (Fsp3) is 0.211. The smallest absolute Gasteiger partial charge is 0.276 e. The summed E-state index contributed by atoms with van der Waals surface area (Å²) < 4.78 is 16.9. The van der Waals surface area contributed by atoms with Gasteiger partial charge in [0, 0.05) is 30.4 Å². The summed E-state index contributed by atoms with van der Waals surface area (Å²) in [5.41, 5.74) is 1.23. The number of carbonyl (C=O) groups excluding carboxylic acids is 2. The molecule has 0 fully saturated rings. The Morgan fingerprint density at radius 1 is 1.19 bits per heavy atom. The van der Waals surface area contributed by atoms with Crippen LogP contribution in [0.25, 0.3) is 10.9 Å². The Kier molecular flexibility index (Phi) is 5.73. The van der Waals surface area contributed by atoms with E-state index in [1.54, 1.807) is 13.1 Å². The molecule has 0 saturated heterocycles. The molecule has 2 amide bonds. The first-order chi connectivity index (χ1) is 13.0. The number of aromatic nitrogens is 2. The summed E-state index contributed by atoms with van der Waals surface area (Å²) in [6.45, 7) is 4.83. The Bertz CT molecular complexity index is 1030. The predicted molar refractivity (Wildman–Crippen MR) is 110 cm³/mol. The molecule has 0 unspecified atom stereocenters. The number of carbonyl (C=O) groups is 2. The molecular weight excluding hydrogens is 462 g/mol. The summed E-state index contributed by atoms with van der Waals surface area (Å²) in [5, 5.41) is 6.18. The highest BCUT2D eigenvalue weighted by atomic mass is 127. The maximum atomic E-state index is 13.9. The van der Waals surface area contributed by atoms with Crippen molar-refractivity contribution < 1.29 is 14.0 Å². The zero-order valence-electron chi connectivity index (χ0n) is 14.8. The van der Waals surface area contributed by atoms with E-state index < -0.39 is 17.6 Å². The van der Waals surface area contributed by atoms with Crippen molar-refractivity contribution in [2.24, 2.45) is 0 Å². The van der Waals surface area contributed by atoms with Crippen LogP contribution >= 0.6 is 22.6 Å². The Labute approximate surface area is 169 Å². The second-order valence-corrected chi connectivity index (χ2v) is 6.92. The molecule has 0 aliphatic rings. The molecule has 8 heteroatoms. The molecule has 27 heavy (non-hydrogen) atoms. The van der Waals surface area contributed by atoms with Crippen molar-refractivity contribution in [2.45, 2.75) is 20.4 Å². The molecule has 0 spiro atoms. The van der Waals surface area contributed by atoms with Crippen LogP contribution in [0.2, 0.25) is 0 Å². The van der Waals surface area contributed by atoms with E-state index in [0.717, 1.165) is 20.7 Å². The Morgan fingerprint density at radius 2 is 1.96 bits per heavy atom. The van der Waals surface area contributed by atoms with Crippen molar-refractivity contribution in [1.29, 1.82) is 0 Å². The third kappa shape index (κ3) is 3.80. The normalized spacial score (nSPS) is 10.8. The zero-order chi connectivity index (χ0) is 19.6. The number of halogens is 2. The number of fused-ring (bicyclic) bond motifs is 1. The number of nitrogens with one attached hydrogen (secondary N) is 2. The van der Waals surface area contributed by atoms with Crippen LogP contribution in [-0.4, -0.2) is 27.9 Å². The number of aryl methyl sites for hydroxylation is 1. The largest absolute Gasteiger partial charge is 0.352 e. The fourth-order valence-electron chi connectivity index (χ4n) is 2.88. The van der Waals surface area contributed by atoms with Crippen molar-refractivity contribution in [3.63, 3.8) is 0 Å². The van der Waals surface area contributed by atoms with Gasteiger partial charge >= 0.3 is 0 Å². The number of pyridine rings is 1. The average molecular weight is 480 g/mol. The SMILES string of the molecule is CCNC(=O)c1cc(NC(=O)c2nccc3cc(I)n(CC)c23)ccc1F. The van der Waals surface area contributed by atoms with Crippen molar-refractivity contribution in [2.75, 3.05) is 11.9 Å². The van der Waals surface area contributed by atoms with Crippen LogP contribution in [0.5, 0.6) is 0 Å². The lowest BCUT2D eigenvalue weighted by Crippen LogP contribution is -2.24. The van der Waals surface area contributed by atoms with E-state index in [-0.39, 0.29) is 11.3 Å². The second-order valence-electron chi connectivity index (χ2n) is 5.82. The first-order valence-electron chi connectivity index (χ1n) is 8.49. The lowest BCUT2D eigenvalue weighted by molar-refractivity contribution is 0.0950. The molecule has 0 saturated carbocycles. The zero-order valence-corrected chi connectivity index (χ0v) is 17.0. The first-order valence-corrected chi connectivity index (χ1v) is 9.57. The van der Waals surface area contributed by atoms with Gasteiger partial charge in [-0.3, -0.25) is 9.59 Å². The minimum absolute atomic E-state index is 0.118. The molecule has 0 aliphatic heterocycles. The number of anilines is 1. The molecule has 0 bridgehead atoms. The molecule has 2 heterocycles. The number of rotatable bonds is 5. The maximum absolute atomic E-state index is 13.9. The quantitative estimate of drug-likeness (QED) is 0.546. The van der Waals surface area contributed by atoms with E-state index in [9.17, 15) is 14.0 Å². The molecule has 2 aromatic heterocycles. The average Bonchev–Trinajstić information content (AvgIpc) is 2.98. The number of benzene rings is 1. The van der Waals surface area contributed by atoms with Gasteiger partial charge < -0.3 is 15.2 Å². The summed E-state index contributed by atoms with van der Waals surface area (Å²) >= 11 is 2.22. The van der Waals surface area contributed by atoms with Crippen molar-refractivity contribution in [1.82, 2.24) is 14.9 Å². The number of nitrogens with zero attached hydrogens (tertiary/aromatic N) is 2. The highest BCUT2D eigenvalue weighted by Crippen LogP contribution is 2.24. The lowest BCUT2D eigenvalue weighted by atomic mass is 10.1. The van der Waals surface area contributed by atoms with Crippen LogP contribution < -0.4 is 10.6 Å². The van der Waals surface area contributed by atoms with Crippen LogP contribution in [0.3, 0.4) is 0 Å². The topological polar surface area (TPSA) is 76.0 Å². The first kappa shape index (κ1) is 19.3. The van der Waals surface area contributed by atoms with E-state index in [1.165, 1.54) is 12.1 Å². The third-order valence-electron chi connectivity index (χ3n) is 4.10. The van der Waals surface area contributed by atoms with Gasteiger partial charge in [0.15, 0.2) is 5.69 Å². The summed E-state index contributed by atoms with van der Waals surface area (Å²) in [6, 6.07) is 7.74.